The number of piperidine rings is 1. The first-order valence-corrected chi connectivity index (χ1v) is 11.9. The van der Waals surface area contributed by atoms with E-state index >= 15 is 0 Å². The minimum Gasteiger partial charge on any atom is -0.370 e. The first kappa shape index (κ1) is 20.2. The lowest BCUT2D eigenvalue weighted by atomic mass is 9.95. The molecule has 3 heterocycles. The van der Waals surface area contributed by atoms with Crippen molar-refractivity contribution in [3.8, 4) is 0 Å². The molecule has 2 aliphatic heterocycles. The van der Waals surface area contributed by atoms with Gasteiger partial charge in [-0.15, -0.1) is 0 Å². The highest BCUT2D eigenvalue weighted by Crippen LogP contribution is 2.32. The number of fused-ring (bicyclic) bond motifs is 1. The maximum atomic E-state index is 13.2. The van der Waals surface area contributed by atoms with Crippen LogP contribution in [0.4, 0.5) is 15.2 Å². The lowest BCUT2D eigenvalue weighted by molar-refractivity contribution is -0.135. The van der Waals surface area contributed by atoms with Crippen molar-refractivity contribution in [3.63, 3.8) is 0 Å². The zero-order valence-corrected chi connectivity index (χ0v) is 18.4. The van der Waals surface area contributed by atoms with Gasteiger partial charge in [0.2, 0.25) is 5.91 Å². The van der Waals surface area contributed by atoms with E-state index < -0.39 is 0 Å². The van der Waals surface area contributed by atoms with Crippen LogP contribution in [0.25, 0.3) is 10.2 Å². The zero-order chi connectivity index (χ0) is 21.2. The highest BCUT2D eigenvalue weighted by molar-refractivity contribution is 7.22. The summed E-state index contributed by atoms with van der Waals surface area (Å²) >= 11 is 1.73. The van der Waals surface area contributed by atoms with Crippen molar-refractivity contribution in [1.29, 1.82) is 0 Å². The number of benzene rings is 2. The van der Waals surface area contributed by atoms with Crippen LogP contribution in [0.5, 0.6) is 0 Å². The number of anilines is 2. The quantitative estimate of drug-likeness (QED) is 0.608. The number of nitrogens with zero attached hydrogens (tertiary/aromatic N) is 4. The number of para-hydroxylation sites is 1. The molecular weight excluding hydrogens is 411 g/mol. The molecule has 2 fully saturated rings. The Morgan fingerprint density at radius 3 is 2.45 bits per heavy atom. The average Bonchev–Trinajstić information content (AvgIpc) is 3.09. The third-order valence-corrected chi connectivity index (χ3v) is 7.49. The van der Waals surface area contributed by atoms with Gasteiger partial charge in [-0.1, -0.05) is 23.5 Å². The van der Waals surface area contributed by atoms with Crippen molar-refractivity contribution < 1.29 is 9.18 Å². The van der Waals surface area contributed by atoms with Crippen molar-refractivity contribution in [3.05, 3.63) is 54.3 Å². The van der Waals surface area contributed by atoms with E-state index in [4.69, 9.17) is 4.98 Å². The molecular formula is C24H27FN4OS. The van der Waals surface area contributed by atoms with Gasteiger partial charge in [0.1, 0.15) is 5.82 Å². The Balaban J connectivity index is 1.17. The van der Waals surface area contributed by atoms with Crippen molar-refractivity contribution in [2.45, 2.75) is 19.3 Å². The van der Waals surface area contributed by atoms with E-state index in [0.29, 0.717) is 5.91 Å². The molecule has 5 rings (SSSR count). The summed E-state index contributed by atoms with van der Waals surface area (Å²) in [6.07, 6.45) is 2.70. The van der Waals surface area contributed by atoms with Crippen LogP contribution >= 0.6 is 11.3 Å². The van der Waals surface area contributed by atoms with Gasteiger partial charge in [0, 0.05) is 50.9 Å². The number of thiazole rings is 1. The van der Waals surface area contributed by atoms with Crippen LogP contribution in [0, 0.1) is 11.7 Å². The third kappa shape index (κ3) is 4.37. The number of rotatable bonds is 3. The first-order valence-electron chi connectivity index (χ1n) is 11.1. The predicted molar refractivity (Wildman–Crippen MR) is 124 cm³/mol. The fourth-order valence-electron chi connectivity index (χ4n) is 4.62. The van der Waals surface area contributed by atoms with Crippen LogP contribution in [-0.4, -0.2) is 55.1 Å². The predicted octanol–water partition coefficient (Wildman–Crippen LogP) is 4.39. The van der Waals surface area contributed by atoms with Crippen LogP contribution in [0.2, 0.25) is 0 Å². The standard InChI is InChI=1S/C24H27FN4OS/c25-19-6-8-20(9-7-19)27-12-3-13-28(17-16-27)23(30)18-10-14-29(15-11-18)24-26-21-4-1-2-5-22(21)31-24/h1-2,4-9,18H,3,10-17H2. The molecule has 5 nitrogen and oxygen atoms in total. The van der Waals surface area contributed by atoms with Gasteiger partial charge in [-0.25, -0.2) is 9.37 Å². The van der Waals surface area contributed by atoms with E-state index in [-0.39, 0.29) is 11.7 Å². The lowest BCUT2D eigenvalue weighted by Crippen LogP contribution is -2.44. The monoisotopic (exact) mass is 438 g/mol. The van der Waals surface area contributed by atoms with Crippen molar-refractivity contribution in [2.75, 3.05) is 49.1 Å². The van der Waals surface area contributed by atoms with E-state index in [1.165, 1.54) is 16.8 Å². The maximum absolute atomic E-state index is 13.2. The molecule has 1 amide bonds. The number of aromatic nitrogens is 1. The Morgan fingerprint density at radius 2 is 1.68 bits per heavy atom. The second-order valence-corrected chi connectivity index (χ2v) is 9.38. The summed E-state index contributed by atoms with van der Waals surface area (Å²) in [5, 5.41) is 1.07. The van der Waals surface area contributed by atoms with Gasteiger partial charge in [0.15, 0.2) is 5.13 Å². The number of carbonyl (C=O) groups is 1. The van der Waals surface area contributed by atoms with Crippen LogP contribution in [0.3, 0.4) is 0 Å². The molecule has 0 spiro atoms. The Hall–Kier alpha value is -2.67. The van der Waals surface area contributed by atoms with Gasteiger partial charge in [0.05, 0.1) is 10.2 Å². The summed E-state index contributed by atoms with van der Waals surface area (Å²) in [6, 6.07) is 14.9. The molecule has 2 aromatic carbocycles. The second-order valence-electron chi connectivity index (χ2n) is 8.37. The van der Waals surface area contributed by atoms with Crippen LogP contribution in [-0.2, 0) is 4.79 Å². The SMILES string of the molecule is O=C(C1CCN(c2nc3ccccc3s2)CC1)N1CCCN(c2ccc(F)cc2)CC1. The van der Waals surface area contributed by atoms with E-state index in [9.17, 15) is 9.18 Å². The molecule has 0 bridgehead atoms. The van der Waals surface area contributed by atoms with Gasteiger partial charge in [-0.2, -0.15) is 0 Å². The Morgan fingerprint density at radius 1 is 0.903 bits per heavy atom. The van der Waals surface area contributed by atoms with Crippen LogP contribution in [0.1, 0.15) is 19.3 Å². The fraction of sp³-hybridized carbons (Fsp3) is 0.417. The Labute approximate surface area is 186 Å². The molecule has 7 heteroatoms. The first-order chi connectivity index (χ1) is 15.2. The summed E-state index contributed by atoms with van der Waals surface area (Å²) in [6.45, 7) is 4.98. The van der Waals surface area contributed by atoms with Gasteiger partial charge < -0.3 is 14.7 Å². The lowest BCUT2D eigenvalue weighted by Gasteiger charge is -2.34. The molecule has 2 aliphatic rings. The average molecular weight is 439 g/mol. The highest BCUT2D eigenvalue weighted by Gasteiger charge is 2.30. The topological polar surface area (TPSA) is 39.7 Å². The summed E-state index contributed by atoms with van der Waals surface area (Å²) in [5.74, 6) is 0.181. The smallest absolute Gasteiger partial charge is 0.225 e. The molecule has 0 atom stereocenters. The van der Waals surface area contributed by atoms with Crippen molar-refractivity contribution in [1.82, 2.24) is 9.88 Å². The number of hydrogen-bond donors (Lipinski definition) is 0. The number of amides is 1. The molecule has 0 saturated carbocycles. The van der Waals surface area contributed by atoms with Crippen molar-refractivity contribution >= 4 is 38.3 Å². The van der Waals surface area contributed by atoms with Crippen LogP contribution in [0.15, 0.2) is 48.5 Å². The normalized spacial score (nSPS) is 18.4. The van der Waals surface area contributed by atoms with Gasteiger partial charge >= 0.3 is 0 Å². The molecule has 162 valence electrons. The minimum absolute atomic E-state index is 0.1000. The van der Waals surface area contributed by atoms with E-state index in [1.807, 2.05) is 29.2 Å². The van der Waals surface area contributed by atoms with Crippen LogP contribution < -0.4 is 9.80 Å². The van der Waals surface area contributed by atoms with Gasteiger partial charge in [-0.3, -0.25) is 4.79 Å². The van der Waals surface area contributed by atoms with Gasteiger partial charge in [0.25, 0.3) is 0 Å². The Bertz CT molecular complexity index is 1010. The Kier molecular flexibility index (Phi) is 5.76. The molecule has 0 unspecified atom stereocenters. The largest absolute Gasteiger partial charge is 0.370 e. The van der Waals surface area contributed by atoms with E-state index in [0.717, 1.165) is 74.9 Å². The molecule has 0 radical (unpaired) electrons. The molecule has 3 aromatic rings. The molecule has 2 saturated heterocycles. The number of halogens is 1. The van der Waals surface area contributed by atoms with E-state index in [2.05, 4.69) is 21.9 Å². The van der Waals surface area contributed by atoms with E-state index in [1.54, 1.807) is 11.3 Å². The fourth-order valence-corrected chi connectivity index (χ4v) is 5.64. The molecule has 31 heavy (non-hydrogen) atoms. The number of hydrogen-bond acceptors (Lipinski definition) is 5. The minimum atomic E-state index is -0.215. The summed E-state index contributed by atoms with van der Waals surface area (Å²) in [5.41, 5.74) is 2.08. The molecule has 1 aromatic heterocycles. The summed E-state index contributed by atoms with van der Waals surface area (Å²) in [7, 11) is 0. The number of carbonyl (C=O) groups excluding carboxylic acids is 1. The third-order valence-electron chi connectivity index (χ3n) is 6.40. The van der Waals surface area contributed by atoms with Crippen molar-refractivity contribution in [2.24, 2.45) is 5.92 Å². The van der Waals surface area contributed by atoms with Gasteiger partial charge in [-0.05, 0) is 55.7 Å². The maximum Gasteiger partial charge on any atom is 0.225 e. The summed E-state index contributed by atoms with van der Waals surface area (Å²) < 4.78 is 14.4. The molecule has 0 N–H and O–H groups in total. The summed E-state index contributed by atoms with van der Waals surface area (Å²) in [4.78, 5) is 24.6. The second kappa shape index (κ2) is 8.83. The molecule has 0 aliphatic carbocycles. The zero-order valence-electron chi connectivity index (χ0n) is 17.5. The highest BCUT2D eigenvalue weighted by atomic mass is 32.1.